The third kappa shape index (κ3) is 2.52. The van der Waals surface area contributed by atoms with Crippen LogP contribution >= 0.6 is 23.1 Å². The van der Waals surface area contributed by atoms with Gasteiger partial charge in [-0.2, -0.15) is 0 Å². The van der Waals surface area contributed by atoms with Gasteiger partial charge in [0.1, 0.15) is 0 Å². The number of carbonyl (C=O) groups is 1. The summed E-state index contributed by atoms with van der Waals surface area (Å²) in [6.07, 6.45) is 2.30. The Morgan fingerprint density at radius 3 is 2.95 bits per heavy atom. The summed E-state index contributed by atoms with van der Waals surface area (Å²) in [5, 5.41) is 11.0. The van der Waals surface area contributed by atoms with Gasteiger partial charge < -0.3 is 5.73 Å². The van der Waals surface area contributed by atoms with E-state index in [4.69, 9.17) is 5.73 Å². The molecule has 1 atom stereocenters. The van der Waals surface area contributed by atoms with E-state index in [0.717, 1.165) is 28.7 Å². The van der Waals surface area contributed by atoms with Crippen LogP contribution in [0.2, 0.25) is 0 Å². The van der Waals surface area contributed by atoms with Gasteiger partial charge in [0.05, 0.1) is 10.1 Å². The summed E-state index contributed by atoms with van der Waals surface area (Å²) in [6, 6.07) is 4.51. The molecule has 0 bridgehead atoms. The SMILES string of the molecule is CC(Sc1nnc(-c2cccs2)n1C1CC1)C(N)=O. The van der Waals surface area contributed by atoms with Gasteiger partial charge in [0, 0.05) is 6.04 Å². The van der Waals surface area contributed by atoms with Crippen LogP contribution in [0.1, 0.15) is 25.8 Å². The predicted molar refractivity (Wildman–Crippen MR) is 76.1 cm³/mol. The molecule has 1 aliphatic rings. The molecule has 2 heterocycles. The van der Waals surface area contributed by atoms with Crippen molar-refractivity contribution in [3.05, 3.63) is 17.5 Å². The van der Waals surface area contributed by atoms with Crippen molar-refractivity contribution in [2.24, 2.45) is 5.73 Å². The summed E-state index contributed by atoms with van der Waals surface area (Å²) in [4.78, 5) is 12.3. The largest absolute Gasteiger partial charge is 0.369 e. The third-order valence-electron chi connectivity index (χ3n) is 3.00. The van der Waals surface area contributed by atoms with Crippen LogP contribution in [0.4, 0.5) is 0 Å². The number of carbonyl (C=O) groups excluding carboxylic acids is 1. The van der Waals surface area contributed by atoms with E-state index in [1.54, 1.807) is 18.3 Å². The zero-order valence-corrected chi connectivity index (χ0v) is 12.1. The third-order valence-corrected chi connectivity index (χ3v) is 4.94. The lowest BCUT2D eigenvalue weighted by molar-refractivity contribution is -0.117. The highest BCUT2D eigenvalue weighted by Gasteiger charge is 2.31. The molecule has 0 aromatic carbocycles. The van der Waals surface area contributed by atoms with Gasteiger partial charge in [-0.05, 0) is 31.2 Å². The lowest BCUT2D eigenvalue weighted by Gasteiger charge is -2.09. The number of hydrogen-bond acceptors (Lipinski definition) is 5. The van der Waals surface area contributed by atoms with Crippen molar-refractivity contribution >= 4 is 29.0 Å². The first-order chi connectivity index (χ1) is 9.16. The molecule has 1 fully saturated rings. The van der Waals surface area contributed by atoms with E-state index in [0.29, 0.717) is 6.04 Å². The molecule has 1 aliphatic carbocycles. The fourth-order valence-corrected chi connectivity index (χ4v) is 3.38. The molecule has 1 amide bonds. The number of nitrogens with zero attached hydrogens (tertiary/aromatic N) is 3. The first kappa shape index (κ1) is 12.7. The molecule has 0 radical (unpaired) electrons. The molecule has 100 valence electrons. The van der Waals surface area contributed by atoms with Gasteiger partial charge in [-0.25, -0.2) is 0 Å². The van der Waals surface area contributed by atoms with Crippen molar-refractivity contribution < 1.29 is 4.79 Å². The highest BCUT2D eigenvalue weighted by atomic mass is 32.2. The van der Waals surface area contributed by atoms with Crippen molar-refractivity contribution in [2.75, 3.05) is 0 Å². The summed E-state index contributed by atoms with van der Waals surface area (Å²) < 4.78 is 2.15. The van der Waals surface area contributed by atoms with E-state index in [1.807, 2.05) is 17.5 Å². The van der Waals surface area contributed by atoms with Gasteiger partial charge in [-0.3, -0.25) is 9.36 Å². The van der Waals surface area contributed by atoms with Crippen molar-refractivity contribution in [3.63, 3.8) is 0 Å². The molecule has 5 nitrogen and oxygen atoms in total. The van der Waals surface area contributed by atoms with Crippen LogP contribution in [0.5, 0.6) is 0 Å². The second-order valence-electron chi connectivity index (χ2n) is 4.55. The fourth-order valence-electron chi connectivity index (χ4n) is 1.81. The number of primary amides is 1. The van der Waals surface area contributed by atoms with Crippen LogP contribution in [0.3, 0.4) is 0 Å². The lowest BCUT2D eigenvalue weighted by Crippen LogP contribution is -2.23. The first-order valence-electron chi connectivity index (χ1n) is 6.11. The fraction of sp³-hybridized carbons (Fsp3) is 0.417. The van der Waals surface area contributed by atoms with Gasteiger partial charge in [-0.1, -0.05) is 17.8 Å². The minimum Gasteiger partial charge on any atom is -0.369 e. The van der Waals surface area contributed by atoms with Crippen molar-refractivity contribution in [2.45, 2.75) is 36.2 Å². The number of nitrogens with two attached hydrogens (primary N) is 1. The molecule has 2 aromatic heterocycles. The zero-order chi connectivity index (χ0) is 13.4. The topological polar surface area (TPSA) is 73.8 Å². The van der Waals surface area contributed by atoms with Crippen LogP contribution in [-0.2, 0) is 4.79 Å². The Hall–Kier alpha value is -1.34. The van der Waals surface area contributed by atoms with E-state index in [1.165, 1.54) is 11.8 Å². The normalized spacial score (nSPS) is 16.5. The Morgan fingerprint density at radius 1 is 1.58 bits per heavy atom. The number of amides is 1. The highest BCUT2D eigenvalue weighted by Crippen LogP contribution is 2.42. The van der Waals surface area contributed by atoms with Crippen LogP contribution in [-0.4, -0.2) is 25.9 Å². The minimum atomic E-state index is -0.326. The Morgan fingerprint density at radius 2 is 2.37 bits per heavy atom. The monoisotopic (exact) mass is 294 g/mol. The molecule has 2 aromatic rings. The smallest absolute Gasteiger partial charge is 0.230 e. The maximum Gasteiger partial charge on any atom is 0.230 e. The van der Waals surface area contributed by atoms with Crippen LogP contribution in [0, 0.1) is 0 Å². The van der Waals surface area contributed by atoms with Gasteiger partial charge >= 0.3 is 0 Å². The van der Waals surface area contributed by atoms with Crippen LogP contribution in [0.25, 0.3) is 10.7 Å². The molecule has 0 spiro atoms. The molecule has 0 saturated heterocycles. The zero-order valence-electron chi connectivity index (χ0n) is 10.4. The van der Waals surface area contributed by atoms with E-state index in [9.17, 15) is 4.79 Å². The highest BCUT2D eigenvalue weighted by molar-refractivity contribution is 8.00. The summed E-state index contributed by atoms with van der Waals surface area (Å²) in [5.74, 6) is 0.574. The molecule has 1 saturated carbocycles. The van der Waals surface area contributed by atoms with Gasteiger partial charge in [0.25, 0.3) is 0 Å². The number of rotatable bonds is 5. The average Bonchev–Trinajstić information content (AvgIpc) is 2.91. The number of hydrogen-bond donors (Lipinski definition) is 1. The van der Waals surface area contributed by atoms with E-state index in [-0.39, 0.29) is 11.2 Å². The molecule has 0 aliphatic heterocycles. The Balaban J connectivity index is 1.95. The molecule has 2 N–H and O–H groups in total. The number of thioether (sulfide) groups is 1. The molecule has 3 rings (SSSR count). The second-order valence-corrected chi connectivity index (χ2v) is 6.80. The Bertz CT molecular complexity index is 589. The van der Waals surface area contributed by atoms with Gasteiger partial charge in [0.2, 0.25) is 5.91 Å². The summed E-state index contributed by atoms with van der Waals surface area (Å²) in [7, 11) is 0. The lowest BCUT2D eigenvalue weighted by atomic mass is 10.4. The molecular formula is C12H14N4OS2. The van der Waals surface area contributed by atoms with Crippen molar-refractivity contribution in [1.29, 1.82) is 0 Å². The summed E-state index contributed by atoms with van der Waals surface area (Å²) in [6.45, 7) is 1.80. The van der Waals surface area contributed by atoms with E-state index >= 15 is 0 Å². The second kappa shape index (κ2) is 4.97. The van der Waals surface area contributed by atoms with Crippen molar-refractivity contribution in [1.82, 2.24) is 14.8 Å². The summed E-state index contributed by atoms with van der Waals surface area (Å²) in [5.41, 5.74) is 5.31. The van der Waals surface area contributed by atoms with Crippen LogP contribution < -0.4 is 5.73 Å². The Labute approximate surface area is 119 Å². The molecule has 7 heteroatoms. The van der Waals surface area contributed by atoms with E-state index in [2.05, 4.69) is 14.8 Å². The maximum atomic E-state index is 11.2. The number of thiophene rings is 1. The quantitative estimate of drug-likeness (QED) is 0.859. The molecule has 19 heavy (non-hydrogen) atoms. The maximum absolute atomic E-state index is 11.2. The van der Waals surface area contributed by atoms with Gasteiger partial charge in [-0.15, -0.1) is 21.5 Å². The minimum absolute atomic E-state index is 0.294. The summed E-state index contributed by atoms with van der Waals surface area (Å²) >= 11 is 3.03. The number of aromatic nitrogens is 3. The van der Waals surface area contributed by atoms with Gasteiger partial charge in [0.15, 0.2) is 11.0 Å². The first-order valence-corrected chi connectivity index (χ1v) is 7.87. The standard InChI is InChI=1S/C12H14N4OS2/c1-7(10(13)17)19-12-15-14-11(9-3-2-6-18-9)16(12)8-4-5-8/h2-3,6-8H,4-5H2,1H3,(H2,13,17). The average molecular weight is 294 g/mol. The molecule has 1 unspecified atom stereocenters. The predicted octanol–water partition coefficient (Wildman–Crippen LogP) is 2.31. The van der Waals surface area contributed by atoms with Crippen molar-refractivity contribution in [3.8, 4) is 10.7 Å². The van der Waals surface area contributed by atoms with E-state index < -0.39 is 0 Å². The van der Waals surface area contributed by atoms with Crippen LogP contribution in [0.15, 0.2) is 22.7 Å². The Kier molecular flexibility index (Phi) is 3.32. The molecular weight excluding hydrogens is 280 g/mol.